The number of hydrogen-bond donors (Lipinski definition) is 0. The Morgan fingerprint density at radius 3 is 1.71 bits per heavy atom. The molecule has 0 unspecified atom stereocenters. The van der Waals surface area contributed by atoms with Gasteiger partial charge in [-0.05, 0) is 63.1 Å². The van der Waals surface area contributed by atoms with Crippen molar-refractivity contribution in [1.82, 2.24) is 0 Å². The van der Waals surface area contributed by atoms with Crippen molar-refractivity contribution in [3.63, 3.8) is 0 Å². The van der Waals surface area contributed by atoms with E-state index in [2.05, 4.69) is 44.8 Å². The first-order valence-electron chi connectivity index (χ1n) is 8.13. The van der Waals surface area contributed by atoms with E-state index in [1.807, 2.05) is 45.0 Å². The number of hydrogen-bond acceptors (Lipinski definition) is 3. The van der Waals surface area contributed by atoms with Crippen LogP contribution in [0.15, 0.2) is 45.3 Å². The molecule has 0 N–H and O–H groups in total. The van der Waals surface area contributed by atoms with Crippen LogP contribution in [0.5, 0.6) is 0 Å². The van der Waals surface area contributed by atoms with Crippen molar-refractivity contribution in [2.24, 2.45) is 0 Å². The number of rotatable bonds is 6. The highest BCUT2D eigenvalue weighted by atomic mass is 79.9. The zero-order chi connectivity index (χ0) is 18.8. The molecule has 0 saturated carbocycles. The zero-order valence-electron chi connectivity index (χ0n) is 15.0. The highest BCUT2D eigenvalue weighted by molar-refractivity contribution is 9.10. The number of aryl methyl sites for hydroxylation is 2. The van der Waals surface area contributed by atoms with Crippen LogP contribution in [0.25, 0.3) is 0 Å². The van der Waals surface area contributed by atoms with E-state index in [1.54, 1.807) is 6.07 Å². The summed E-state index contributed by atoms with van der Waals surface area (Å²) in [6, 6.07) is 11.7. The average Bonchev–Trinajstić information content (AvgIpc) is 2.55. The molecule has 160 valence electrons. The smallest absolute Gasteiger partial charge is 0.184 e. The van der Waals surface area contributed by atoms with E-state index in [1.165, 1.54) is 5.56 Å². The molecule has 0 aliphatic heterocycles. The Balaban J connectivity index is -0.000000427. The van der Waals surface area contributed by atoms with E-state index < -0.39 is 0 Å². The van der Waals surface area contributed by atoms with Gasteiger partial charge in [0, 0.05) is 33.3 Å². The van der Waals surface area contributed by atoms with Crippen LogP contribution in [-0.4, -0.2) is 19.5 Å². The first-order valence-corrected chi connectivity index (χ1v) is 9.72. The average molecular weight is 520 g/mol. The van der Waals surface area contributed by atoms with Crippen LogP contribution in [0, 0.1) is 13.8 Å². The van der Waals surface area contributed by atoms with Crippen molar-refractivity contribution in [2.45, 2.75) is 56.3 Å². The molecule has 0 aliphatic carbocycles. The van der Waals surface area contributed by atoms with Crippen molar-refractivity contribution in [3.05, 3.63) is 67.6 Å². The van der Waals surface area contributed by atoms with Gasteiger partial charge >= 0.3 is 0 Å². The first-order chi connectivity index (χ1) is 11.9. The molecule has 28 heavy (non-hydrogen) atoms. The van der Waals surface area contributed by atoms with E-state index in [-0.39, 0.29) is 28.6 Å². The van der Waals surface area contributed by atoms with Crippen LogP contribution < -0.4 is 0 Å². The molecule has 0 amide bonds. The monoisotopic (exact) mass is 518 g/mol. The van der Waals surface area contributed by atoms with Gasteiger partial charge in [0.05, 0.1) is 0 Å². The Morgan fingerprint density at radius 1 is 0.857 bits per heavy atom. The summed E-state index contributed by atoms with van der Waals surface area (Å²) in [5.74, 6) is 0. The normalized spacial score (nSPS) is 9.25. The number of carbonyl (C=O) groups is 1. The van der Waals surface area contributed by atoms with Gasteiger partial charge in [-0.1, -0.05) is 66.3 Å². The quantitative estimate of drug-likeness (QED) is 0.284. The molecular weight excluding hydrogens is 484 g/mol. The van der Waals surface area contributed by atoms with Gasteiger partial charge in [-0.15, -0.1) is 0 Å². The van der Waals surface area contributed by atoms with E-state index in [9.17, 15) is 4.79 Å². The fourth-order valence-corrected chi connectivity index (χ4v) is 3.16. The highest BCUT2D eigenvalue weighted by Gasteiger charge is 2.13. The predicted molar refractivity (Wildman–Crippen MR) is 129 cm³/mol. The summed E-state index contributed by atoms with van der Waals surface area (Å²) in [4.78, 5) is 10.3. The number of aldehydes is 1. The van der Waals surface area contributed by atoms with E-state index in [0.717, 1.165) is 31.9 Å². The number of benzene rings is 2. The fourth-order valence-electron chi connectivity index (χ4n) is 2.21. The number of halogens is 2. The van der Waals surface area contributed by atoms with E-state index in [0.29, 0.717) is 13.2 Å². The molecule has 0 radical (unpaired) electrons. The Morgan fingerprint density at radius 2 is 1.32 bits per heavy atom. The maximum atomic E-state index is 10.3. The van der Waals surface area contributed by atoms with Gasteiger partial charge in [0.1, 0.15) is 6.29 Å². The SMILES string of the molecule is C.C.C.CCOC(OCC)c1ccc(Br)cc1C.Cc1cc(Br)ccc1C=O. The van der Waals surface area contributed by atoms with E-state index >= 15 is 0 Å². The lowest BCUT2D eigenvalue weighted by Crippen LogP contribution is -2.10. The van der Waals surface area contributed by atoms with Gasteiger partial charge in [0.25, 0.3) is 0 Å². The summed E-state index contributed by atoms with van der Waals surface area (Å²) in [5.41, 5.74) is 4.03. The molecule has 3 nitrogen and oxygen atoms in total. The molecule has 0 aromatic heterocycles. The third-order valence-electron chi connectivity index (χ3n) is 3.48. The van der Waals surface area contributed by atoms with Gasteiger partial charge in [0.2, 0.25) is 0 Å². The number of carbonyl (C=O) groups excluding carboxylic acids is 1. The van der Waals surface area contributed by atoms with E-state index in [4.69, 9.17) is 9.47 Å². The summed E-state index contributed by atoms with van der Waals surface area (Å²) >= 11 is 6.75. The Hall–Kier alpha value is -1.01. The Bertz CT molecular complexity index is 682. The molecule has 0 spiro atoms. The molecular formula is C23H36Br2O3. The van der Waals surface area contributed by atoms with Crippen molar-refractivity contribution in [2.75, 3.05) is 13.2 Å². The minimum absolute atomic E-state index is 0. The minimum Gasteiger partial charge on any atom is -0.349 e. The van der Waals surface area contributed by atoms with Crippen molar-refractivity contribution in [1.29, 1.82) is 0 Å². The number of ether oxygens (including phenoxy) is 2. The lowest BCUT2D eigenvalue weighted by molar-refractivity contribution is -0.140. The largest absolute Gasteiger partial charge is 0.349 e. The van der Waals surface area contributed by atoms with Crippen LogP contribution in [0.1, 0.15) is 69.5 Å². The second kappa shape index (κ2) is 16.9. The Labute approximate surface area is 189 Å². The molecule has 2 aromatic carbocycles. The second-order valence-electron chi connectivity index (χ2n) is 5.36. The maximum Gasteiger partial charge on any atom is 0.184 e. The third kappa shape index (κ3) is 10.5. The molecule has 2 rings (SSSR count). The molecule has 0 fully saturated rings. The summed E-state index contributed by atoms with van der Waals surface area (Å²) in [7, 11) is 0. The topological polar surface area (TPSA) is 35.5 Å². The van der Waals surface area contributed by atoms with Crippen molar-refractivity contribution >= 4 is 38.1 Å². The summed E-state index contributed by atoms with van der Waals surface area (Å²) in [5, 5.41) is 0. The van der Waals surface area contributed by atoms with Gasteiger partial charge in [-0.3, -0.25) is 4.79 Å². The van der Waals surface area contributed by atoms with Gasteiger partial charge in [-0.25, -0.2) is 0 Å². The zero-order valence-corrected chi connectivity index (χ0v) is 18.2. The summed E-state index contributed by atoms with van der Waals surface area (Å²) < 4.78 is 13.2. The van der Waals surface area contributed by atoms with Crippen LogP contribution in [0.3, 0.4) is 0 Å². The Kier molecular flexibility index (Phi) is 19.1. The van der Waals surface area contributed by atoms with Crippen LogP contribution >= 0.6 is 31.9 Å². The highest BCUT2D eigenvalue weighted by Crippen LogP contribution is 2.25. The van der Waals surface area contributed by atoms with Crippen LogP contribution in [0.2, 0.25) is 0 Å². The van der Waals surface area contributed by atoms with Gasteiger partial charge in [-0.2, -0.15) is 0 Å². The molecule has 0 atom stereocenters. The summed E-state index contributed by atoms with van der Waals surface area (Å²) in [6.45, 7) is 9.22. The van der Waals surface area contributed by atoms with Crippen LogP contribution in [0.4, 0.5) is 0 Å². The molecule has 0 saturated heterocycles. The lowest BCUT2D eigenvalue weighted by Gasteiger charge is -2.19. The van der Waals surface area contributed by atoms with Gasteiger partial charge in [0.15, 0.2) is 6.29 Å². The lowest BCUT2D eigenvalue weighted by atomic mass is 10.1. The maximum absolute atomic E-state index is 10.3. The molecule has 0 aliphatic rings. The molecule has 0 heterocycles. The third-order valence-corrected chi connectivity index (χ3v) is 4.47. The second-order valence-corrected chi connectivity index (χ2v) is 7.19. The fraction of sp³-hybridized carbons (Fsp3) is 0.435. The van der Waals surface area contributed by atoms with Crippen LogP contribution in [-0.2, 0) is 9.47 Å². The van der Waals surface area contributed by atoms with Gasteiger partial charge < -0.3 is 9.47 Å². The summed E-state index contributed by atoms with van der Waals surface area (Å²) in [6.07, 6.45) is 0.620. The predicted octanol–water partition coefficient (Wildman–Crippen LogP) is 8.31. The molecule has 5 heteroatoms. The standard InChI is InChI=1S/C12H17BrO2.C8H7BrO.3CH4/c1-4-14-12(15-5-2)11-7-6-10(13)8-9(11)3;1-6-4-8(9)3-2-7(6)5-10;;;/h6-8,12H,4-5H2,1-3H3;2-5H,1H3;3*1H4. The first kappa shape index (κ1) is 31.7. The minimum atomic E-state index is -0.243. The molecule has 0 bridgehead atoms. The van der Waals surface area contributed by atoms with Crippen molar-refractivity contribution < 1.29 is 14.3 Å². The molecule has 2 aromatic rings. The van der Waals surface area contributed by atoms with Crippen molar-refractivity contribution in [3.8, 4) is 0 Å².